The maximum absolute atomic E-state index is 12.5. The molecule has 0 aliphatic heterocycles. The number of nitrogens with one attached hydrogen (secondary N) is 1. The molecule has 1 rings (SSSR count). The number of hydrogen-bond acceptors (Lipinski definition) is 3. The molecule has 1 N–H and O–H groups in total. The fourth-order valence-corrected chi connectivity index (χ4v) is 2.49. The summed E-state index contributed by atoms with van der Waals surface area (Å²) < 4.78 is 84.4. The standard InChI is InChI=1S/C11H12F5NO2S/c1-7(6-11(14,15)16)17-8-4-2-3-5-9(8)20(18,19)10(12)13/h2-5,7,10,17H,6H2,1H3. The van der Waals surface area contributed by atoms with Crippen LogP contribution in [0.2, 0.25) is 0 Å². The summed E-state index contributed by atoms with van der Waals surface area (Å²) in [7, 11) is -4.87. The average molecular weight is 317 g/mol. The van der Waals surface area contributed by atoms with E-state index in [2.05, 4.69) is 5.32 Å². The first-order chi connectivity index (χ1) is 9.04. The SMILES string of the molecule is CC(CC(F)(F)F)Nc1ccccc1S(=O)(=O)C(F)F. The van der Waals surface area contributed by atoms with Gasteiger partial charge in [-0.25, -0.2) is 8.42 Å². The normalized spacial score (nSPS) is 14.3. The second-order valence-corrected chi connectivity index (χ2v) is 6.05. The van der Waals surface area contributed by atoms with Crippen LogP contribution in [0.4, 0.5) is 27.6 Å². The van der Waals surface area contributed by atoms with Crippen molar-refractivity contribution in [2.45, 2.75) is 36.2 Å². The molecule has 0 heterocycles. The second-order valence-electron chi connectivity index (χ2n) is 4.17. The van der Waals surface area contributed by atoms with E-state index in [4.69, 9.17) is 0 Å². The molecule has 0 radical (unpaired) electrons. The van der Waals surface area contributed by atoms with Gasteiger partial charge < -0.3 is 5.32 Å². The van der Waals surface area contributed by atoms with Gasteiger partial charge in [-0.15, -0.1) is 0 Å². The van der Waals surface area contributed by atoms with Gasteiger partial charge in [0, 0.05) is 6.04 Å². The molecule has 114 valence electrons. The van der Waals surface area contributed by atoms with Crippen LogP contribution in [0.3, 0.4) is 0 Å². The summed E-state index contributed by atoms with van der Waals surface area (Å²) in [6.07, 6.45) is -5.65. The lowest BCUT2D eigenvalue weighted by molar-refractivity contribution is -0.136. The average Bonchev–Trinajstić information content (AvgIpc) is 2.26. The molecule has 0 saturated carbocycles. The molecule has 1 atom stereocenters. The van der Waals surface area contributed by atoms with Gasteiger partial charge in [0.1, 0.15) is 0 Å². The Kier molecular flexibility index (Phi) is 4.95. The highest BCUT2D eigenvalue weighted by Crippen LogP contribution is 2.28. The molecular weight excluding hydrogens is 305 g/mol. The van der Waals surface area contributed by atoms with E-state index >= 15 is 0 Å². The number of para-hydroxylation sites is 1. The summed E-state index contributed by atoms with van der Waals surface area (Å²) in [5, 5.41) is 2.30. The number of anilines is 1. The molecule has 20 heavy (non-hydrogen) atoms. The maximum Gasteiger partial charge on any atom is 0.391 e. The van der Waals surface area contributed by atoms with E-state index < -0.39 is 39.1 Å². The molecule has 0 bridgehead atoms. The van der Waals surface area contributed by atoms with Crippen molar-refractivity contribution >= 4 is 15.5 Å². The number of benzene rings is 1. The zero-order valence-electron chi connectivity index (χ0n) is 10.3. The highest BCUT2D eigenvalue weighted by atomic mass is 32.2. The van der Waals surface area contributed by atoms with Gasteiger partial charge in [0.05, 0.1) is 17.0 Å². The Labute approximate surface area is 112 Å². The molecule has 1 unspecified atom stereocenters. The minimum absolute atomic E-state index is 0.274. The minimum Gasteiger partial charge on any atom is -0.381 e. The quantitative estimate of drug-likeness (QED) is 0.846. The third-order valence-corrected chi connectivity index (χ3v) is 3.81. The predicted molar refractivity (Wildman–Crippen MR) is 63.4 cm³/mol. The van der Waals surface area contributed by atoms with Crippen molar-refractivity contribution in [1.82, 2.24) is 0 Å². The molecule has 0 aromatic heterocycles. The lowest BCUT2D eigenvalue weighted by Gasteiger charge is -2.19. The molecule has 3 nitrogen and oxygen atoms in total. The molecule has 0 aliphatic rings. The Morgan fingerprint density at radius 2 is 1.75 bits per heavy atom. The van der Waals surface area contributed by atoms with E-state index in [0.717, 1.165) is 12.1 Å². The summed E-state index contributed by atoms with van der Waals surface area (Å²) in [5.74, 6) is -3.64. The van der Waals surface area contributed by atoms with Crippen molar-refractivity contribution in [2.75, 3.05) is 5.32 Å². The molecule has 0 saturated heterocycles. The van der Waals surface area contributed by atoms with Gasteiger partial charge in [0.15, 0.2) is 0 Å². The van der Waals surface area contributed by atoms with Crippen molar-refractivity contribution in [3.05, 3.63) is 24.3 Å². The van der Waals surface area contributed by atoms with E-state index in [1.807, 2.05) is 0 Å². The Morgan fingerprint density at radius 3 is 2.25 bits per heavy atom. The molecule has 0 aliphatic carbocycles. The maximum atomic E-state index is 12.5. The van der Waals surface area contributed by atoms with Crippen molar-refractivity contribution in [2.24, 2.45) is 0 Å². The van der Waals surface area contributed by atoms with Crippen LogP contribution in [-0.4, -0.2) is 26.4 Å². The first-order valence-corrected chi connectivity index (χ1v) is 7.03. The number of sulfone groups is 1. The first-order valence-electron chi connectivity index (χ1n) is 5.48. The van der Waals surface area contributed by atoms with Crippen molar-refractivity contribution in [1.29, 1.82) is 0 Å². The zero-order valence-corrected chi connectivity index (χ0v) is 11.1. The van der Waals surface area contributed by atoms with E-state index in [1.165, 1.54) is 19.1 Å². The molecule has 0 spiro atoms. The fourth-order valence-electron chi connectivity index (χ4n) is 1.59. The van der Waals surface area contributed by atoms with Crippen LogP contribution in [0.15, 0.2) is 29.2 Å². The lowest BCUT2D eigenvalue weighted by Crippen LogP contribution is -2.25. The van der Waals surface area contributed by atoms with E-state index in [0.29, 0.717) is 0 Å². The Hall–Kier alpha value is -1.38. The zero-order chi connectivity index (χ0) is 15.6. The van der Waals surface area contributed by atoms with E-state index in [-0.39, 0.29) is 5.69 Å². The van der Waals surface area contributed by atoms with Gasteiger partial charge in [0.25, 0.3) is 0 Å². The number of rotatable bonds is 5. The molecule has 0 amide bonds. The van der Waals surface area contributed by atoms with Gasteiger partial charge in [-0.3, -0.25) is 0 Å². The van der Waals surface area contributed by atoms with Crippen LogP contribution >= 0.6 is 0 Å². The van der Waals surface area contributed by atoms with Crippen LogP contribution in [0.5, 0.6) is 0 Å². The van der Waals surface area contributed by atoms with Crippen molar-refractivity contribution < 1.29 is 30.4 Å². The number of halogens is 5. The Balaban J connectivity index is 3.04. The van der Waals surface area contributed by atoms with Gasteiger partial charge >= 0.3 is 11.9 Å². The topological polar surface area (TPSA) is 46.2 Å². The summed E-state index contributed by atoms with van der Waals surface area (Å²) in [5.41, 5.74) is -0.274. The number of hydrogen-bond donors (Lipinski definition) is 1. The lowest BCUT2D eigenvalue weighted by atomic mass is 10.2. The second kappa shape index (κ2) is 5.94. The highest BCUT2D eigenvalue weighted by molar-refractivity contribution is 7.91. The minimum atomic E-state index is -4.87. The molecule has 1 aromatic carbocycles. The van der Waals surface area contributed by atoms with Crippen molar-refractivity contribution in [3.8, 4) is 0 Å². The summed E-state index contributed by atoms with van der Waals surface area (Å²) in [6, 6.07) is 3.47. The largest absolute Gasteiger partial charge is 0.391 e. The Morgan fingerprint density at radius 1 is 1.20 bits per heavy atom. The molecular formula is C11H12F5NO2S. The van der Waals surface area contributed by atoms with Gasteiger partial charge in [-0.2, -0.15) is 22.0 Å². The monoisotopic (exact) mass is 317 g/mol. The fraction of sp³-hybridized carbons (Fsp3) is 0.455. The molecule has 1 aromatic rings. The van der Waals surface area contributed by atoms with Crippen LogP contribution in [0.25, 0.3) is 0 Å². The molecule has 0 fully saturated rings. The van der Waals surface area contributed by atoms with E-state index in [1.54, 1.807) is 0 Å². The summed E-state index contributed by atoms with van der Waals surface area (Å²) >= 11 is 0. The molecule has 9 heteroatoms. The number of alkyl halides is 5. The Bertz CT molecular complexity index is 556. The van der Waals surface area contributed by atoms with Crippen molar-refractivity contribution in [3.63, 3.8) is 0 Å². The van der Waals surface area contributed by atoms with Crippen LogP contribution in [0.1, 0.15) is 13.3 Å². The van der Waals surface area contributed by atoms with Gasteiger partial charge in [-0.05, 0) is 19.1 Å². The summed E-state index contributed by atoms with van der Waals surface area (Å²) in [6.45, 7) is 1.18. The third kappa shape index (κ3) is 4.32. The van der Waals surface area contributed by atoms with Crippen LogP contribution in [-0.2, 0) is 9.84 Å². The summed E-state index contributed by atoms with van der Waals surface area (Å²) in [4.78, 5) is -0.718. The smallest absolute Gasteiger partial charge is 0.381 e. The van der Waals surface area contributed by atoms with Crippen LogP contribution in [0, 0.1) is 0 Å². The van der Waals surface area contributed by atoms with Gasteiger partial charge in [-0.1, -0.05) is 12.1 Å². The predicted octanol–water partition coefficient (Wildman–Crippen LogP) is 3.44. The third-order valence-electron chi connectivity index (χ3n) is 2.37. The first kappa shape index (κ1) is 16.7. The van der Waals surface area contributed by atoms with E-state index in [9.17, 15) is 30.4 Å². The van der Waals surface area contributed by atoms with Crippen LogP contribution < -0.4 is 5.32 Å². The van der Waals surface area contributed by atoms with Gasteiger partial charge in [0.2, 0.25) is 9.84 Å². The highest BCUT2D eigenvalue weighted by Gasteiger charge is 2.32.